The van der Waals surface area contributed by atoms with E-state index in [0.717, 1.165) is 18.8 Å². The first-order valence-electron chi connectivity index (χ1n) is 6.94. The zero-order valence-electron chi connectivity index (χ0n) is 10.9. The van der Waals surface area contributed by atoms with E-state index in [9.17, 15) is 4.39 Å². The number of rotatable bonds is 2. The number of halogens is 2. The van der Waals surface area contributed by atoms with Crippen LogP contribution in [0, 0.1) is 17.8 Å². The Balaban J connectivity index is 1.93. The highest BCUT2D eigenvalue weighted by Crippen LogP contribution is 2.43. The van der Waals surface area contributed by atoms with Crippen LogP contribution < -0.4 is 0 Å². The van der Waals surface area contributed by atoms with E-state index in [1.807, 2.05) is 0 Å². The molecule has 17 heavy (non-hydrogen) atoms. The van der Waals surface area contributed by atoms with Gasteiger partial charge in [-0.05, 0) is 43.4 Å². The standard InChI is InChI=1S/C14H24ClFO/c1-9-3-5-10(6-4-9)11-7-8-12(17-2)13(15)14(11)16/h9-14H,3-8H2,1-2H3. The molecular formula is C14H24ClFO. The van der Waals surface area contributed by atoms with Gasteiger partial charge in [-0.2, -0.15) is 0 Å². The molecule has 0 radical (unpaired) electrons. The Bertz CT molecular complexity index is 238. The molecule has 0 aromatic carbocycles. The van der Waals surface area contributed by atoms with E-state index in [1.165, 1.54) is 25.7 Å². The summed E-state index contributed by atoms with van der Waals surface area (Å²) in [7, 11) is 1.63. The van der Waals surface area contributed by atoms with Crippen LogP contribution in [0.15, 0.2) is 0 Å². The van der Waals surface area contributed by atoms with Crippen LogP contribution in [0.2, 0.25) is 0 Å². The molecular weight excluding hydrogens is 239 g/mol. The maximum atomic E-state index is 14.3. The second-order valence-electron chi connectivity index (χ2n) is 5.92. The average Bonchev–Trinajstić information content (AvgIpc) is 2.34. The number of methoxy groups -OCH3 is 1. The maximum absolute atomic E-state index is 14.3. The molecule has 0 aromatic rings. The molecule has 0 aromatic heterocycles. The van der Waals surface area contributed by atoms with E-state index >= 15 is 0 Å². The van der Waals surface area contributed by atoms with E-state index in [0.29, 0.717) is 5.92 Å². The minimum atomic E-state index is -0.881. The van der Waals surface area contributed by atoms with Crippen LogP contribution in [0.5, 0.6) is 0 Å². The van der Waals surface area contributed by atoms with Crippen molar-refractivity contribution in [2.24, 2.45) is 17.8 Å². The van der Waals surface area contributed by atoms with Gasteiger partial charge < -0.3 is 4.74 Å². The molecule has 0 N–H and O–H groups in total. The van der Waals surface area contributed by atoms with Gasteiger partial charge in [0, 0.05) is 7.11 Å². The lowest BCUT2D eigenvalue weighted by Crippen LogP contribution is -2.44. The number of hydrogen-bond acceptors (Lipinski definition) is 1. The first-order valence-corrected chi connectivity index (χ1v) is 7.38. The van der Waals surface area contributed by atoms with Gasteiger partial charge in [-0.15, -0.1) is 11.6 Å². The van der Waals surface area contributed by atoms with E-state index in [2.05, 4.69) is 6.92 Å². The summed E-state index contributed by atoms with van der Waals surface area (Å²) in [5, 5.41) is -0.446. The van der Waals surface area contributed by atoms with Crippen molar-refractivity contribution in [3.8, 4) is 0 Å². The number of ether oxygens (including phenoxy) is 1. The molecule has 2 fully saturated rings. The lowest BCUT2D eigenvalue weighted by atomic mass is 9.70. The molecule has 0 saturated heterocycles. The van der Waals surface area contributed by atoms with Crippen LogP contribution in [-0.2, 0) is 4.74 Å². The second-order valence-corrected chi connectivity index (χ2v) is 6.43. The SMILES string of the molecule is COC1CCC(C2CCC(C)CC2)C(F)C1Cl. The molecule has 1 nitrogen and oxygen atoms in total. The summed E-state index contributed by atoms with van der Waals surface area (Å²) in [6, 6.07) is 0. The lowest BCUT2D eigenvalue weighted by Gasteiger charge is -2.41. The molecule has 0 heterocycles. The summed E-state index contributed by atoms with van der Waals surface area (Å²) >= 11 is 6.18. The van der Waals surface area contributed by atoms with Gasteiger partial charge in [-0.25, -0.2) is 4.39 Å². The summed E-state index contributed by atoms with van der Waals surface area (Å²) in [6.07, 6.45) is 5.78. The summed E-state index contributed by atoms with van der Waals surface area (Å²) in [5.41, 5.74) is 0. The fourth-order valence-electron chi connectivity index (χ4n) is 3.57. The van der Waals surface area contributed by atoms with Crippen molar-refractivity contribution >= 4 is 11.6 Å². The predicted molar refractivity (Wildman–Crippen MR) is 69.2 cm³/mol. The normalized spacial score (nSPS) is 48.0. The van der Waals surface area contributed by atoms with Crippen molar-refractivity contribution in [1.29, 1.82) is 0 Å². The average molecular weight is 263 g/mol. The Morgan fingerprint density at radius 2 is 1.71 bits per heavy atom. The molecule has 2 rings (SSSR count). The second kappa shape index (κ2) is 5.88. The molecule has 2 saturated carbocycles. The molecule has 100 valence electrons. The fraction of sp³-hybridized carbons (Fsp3) is 1.00. The topological polar surface area (TPSA) is 9.23 Å². The molecule has 0 bridgehead atoms. The van der Waals surface area contributed by atoms with E-state index in [-0.39, 0.29) is 12.0 Å². The van der Waals surface area contributed by atoms with Crippen molar-refractivity contribution in [3.05, 3.63) is 0 Å². The molecule has 0 spiro atoms. The van der Waals surface area contributed by atoms with Gasteiger partial charge in [-0.1, -0.05) is 19.8 Å². The van der Waals surface area contributed by atoms with Gasteiger partial charge in [-0.3, -0.25) is 0 Å². The van der Waals surface area contributed by atoms with Crippen molar-refractivity contribution in [2.45, 2.75) is 63.1 Å². The highest BCUT2D eigenvalue weighted by Gasteiger charge is 2.42. The van der Waals surface area contributed by atoms with E-state index < -0.39 is 11.5 Å². The highest BCUT2D eigenvalue weighted by molar-refractivity contribution is 6.21. The largest absolute Gasteiger partial charge is 0.380 e. The van der Waals surface area contributed by atoms with Crippen molar-refractivity contribution in [1.82, 2.24) is 0 Å². The Kier molecular flexibility index (Phi) is 4.71. The fourth-order valence-corrected chi connectivity index (χ4v) is 3.99. The third kappa shape index (κ3) is 2.96. The molecule has 3 heteroatoms. The Morgan fingerprint density at radius 1 is 1.06 bits per heavy atom. The molecule has 2 aliphatic carbocycles. The van der Waals surface area contributed by atoms with Crippen molar-refractivity contribution in [2.75, 3.05) is 7.11 Å². The number of hydrogen-bond donors (Lipinski definition) is 0. The minimum absolute atomic E-state index is 0.0922. The maximum Gasteiger partial charge on any atom is 0.122 e. The lowest BCUT2D eigenvalue weighted by molar-refractivity contribution is -0.00356. The molecule has 0 aliphatic heterocycles. The Labute approximate surface area is 109 Å². The Morgan fingerprint density at radius 3 is 2.29 bits per heavy atom. The highest BCUT2D eigenvalue weighted by atomic mass is 35.5. The molecule has 2 aliphatic rings. The Hall–Kier alpha value is 0.180. The monoisotopic (exact) mass is 262 g/mol. The number of alkyl halides is 2. The summed E-state index contributed by atoms with van der Waals surface area (Å²) in [6.45, 7) is 2.30. The van der Waals surface area contributed by atoms with Crippen molar-refractivity contribution in [3.63, 3.8) is 0 Å². The van der Waals surface area contributed by atoms with Crippen LogP contribution >= 0.6 is 11.6 Å². The van der Waals surface area contributed by atoms with Crippen LogP contribution in [0.1, 0.15) is 45.4 Å². The van der Waals surface area contributed by atoms with Crippen LogP contribution in [-0.4, -0.2) is 24.8 Å². The van der Waals surface area contributed by atoms with Gasteiger partial charge in [0.25, 0.3) is 0 Å². The summed E-state index contributed by atoms with van der Waals surface area (Å²) < 4.78 is 19.6. The van der Waals surface area contributed by atoms with Crippen LogP contribution in [0.25, 0.3) is 0 Å². The molecule has 4 unspecified atom stereocenters. The summed E-state index contributed by atoms with van der Waals surface area (Å²) in [5.74, 6) is 1.56. The van der Waals surface area contributed by atoms with E-state index in [4.69, 9.17) is 16.3 Å². The molecule has 0 amide bonds. The zero-order chi connectivity index (χ0) is 12.4. The first-order chi connectivity index (χ1) is 8.13. The van der Waals surface area contributed by atoms with Gasteiger partial charge in [0.2, 0.25) is 0 Å². The van der Waals surface area contributed by atoms with Crippen molar-refractivity contribution < 1.29 is 9.13 Å². The predicted octanol–water partition coefficient (Wildman–Crippen LogP) is 4.18. The van der Waals surface area contributed by atoms with Crippen LogP contribution in [0.4, 0.5) is 4.39 Å². The summed E-state index contributed by atoms with van der Waals surface area (Å²) in [4.78, 5) is 0. The third-order valence-corrected chi connectivity index (χ3v) is 5.34. The molecule has 4 atom stereocenters. The quantitative estimate of drug-likeness (QED) is 0.679. The van der Waals surface area contributed by atoms with Gasteiger partial charge in [0.1, 0.15) is 6.17 Å². The van der Waals surface area contributed by atoms with Gasteiger partial charge in [0.15, 0.2) is 0 Å². The van der Waals surface area contributed by atoms with Gasteiger partial charge in [0.05, 0.1) is 11.5 Å². The smallest absolute Gasteiger partial charge is 0.122 e. The van der Waals surface area contributed by atoms with E-state index in [1.54, 1.807) is 7.11 Å². The van der Waals surface area contributed by atoms with Gasteiger partial charge >= 0.3 is 0 Å². The first kappa shape index (κ1) is 13.6. The third-order valence-electron chi connectivity index (χ3n) is 4.82. The zero-order valence-corrected chi connectivity index (χ0v) is 11.6. The minimum Gasteiger partial charge on any atom is -0.380 e. The van der Waals surface area contributed by atoms with Crippen LogP contribution in [0.3, 0.4) is 0 Å².